The third-order valence-corrected chi connectivity index (χ3v) is 3.47. The van der Waals surface area contributed by atoms with Crippen molar-refractivity contribution in [1.82, 2.24) is 5.32 Å². The highest BCUT2D eigenvalue weighted by Crippen LogP contribution is 2.19. The quantitative estimate of drug-likeness (QED) is 0.652. The maximum absolute atomic E-state index is 10.2. The van der Waals surface area contributed by atoms with Gasteiger partial charge in [0.05, 0.1) is 5.60 Å². The zero-order valence-electron chi connectivity index (χ0n) is 11.1. The molecule has 92 valence electrons. The summed E-state index contributed by atoms with van der Waals surface area (Å²) in [6.45, 7) is 11.3. The third kappa shape index (κ3) is 6.16. The Morgan fingerprint density at radius 1 is 1.27 bits per heavy atom. The number of hydrogen-bond acceptors (Lipinski definition) is 2. The van der Waals surface area contributed by atoms with Crippen LogP contribution >= 0.6 is 0 Å². The fourth-order valence-corrected chi connectivity index (χ4v) is 1.61. The lowest BCUT2D eigenvalue weighted by Crippen LogP contribution is -2.45. The van der Waals surface area contributed by atoms with Crippen molar-refractivity contribution in [3.05, 3.63) is 0 Å². The molecule has 15 heavy (non-hydrogen) atoms. The van der Waals surface area contributed by atoms with Crippen LogP contribution in [0.1, 0.15) is 60.3 Å². The monoisotopic (exact) mass is 215 g/mol. The maximum Gasteiger partial charge on any atom is 0.0768 e. The second kappa shape index (κ2) is 7.24. The van der Waals surface area contributed by atoms with E-state index in [1.165, 1.54) is 19.3 Å². The van der Waals surface area contributed by atoms with Crippen LogP contribution in [0, 0.1) is 5.92 Å². The van der Waals surface area contributed by atoms with Gasteiger partial charge in [0.15, 0.2) is 0 Å². The molecule has 0 fully saturated rings. The minimum atomic E-state index is -0.574. The van der Waals surface area contributed by atoms with E-state index in [-0.39, 0.29) is 0 Å². The van der Waals surface area contributed by atoms with Gasteiger partial charge in [-0.2, -0.15) is 0 Å². The molecular formula is C13H29NO. The summed E-state index contributed by atoms with van der Waals surface area (Å²) in [5.74, 6) is 0.350. The topological polar surface area (TPSA) is 32.3 Å². The van der Waals surface area contributed by atoms with E-state index in [1.54, 1.807) is 0 Å². The summed E-state index contributed by atoms with van der Waals surface area (Å²) in [5, 5.41) is 13.6. The highest BCUT2D eigenvalue weighted by atomic mass is 16.3. The minimum absolute atomic E-state index is 0.350. The second-order valence-corrected chi connectivity index (χ2v) is 5.09. The Morgan fingerprint density at radius 2 is 1.87 bits per heavy atom. The van der Waals surface area contributed by atoms with E-state index < -0.39 is 5.60 Å². The summed E-state index contributed by atoms with van der Waals surface area (Å²) >= 11 is 0. The van der Waals surface area contributed by atoms with Crippen LogP contribution < -0.4 is 5.32 Å². The summed E-state index contributed by atoms with van der Waals surface area (Å²) < 4.78 is 0. The smallest absolute Gasteiger partial charge is 0.0768 e. The van der Waals surface area contributed by atoms with Crippen LogP contribution in [-0.2, 0) is 0 Å². The Balaban J connectivity index is 3.81. The highest BCUT2D eigenvalue weighted by molar-refractivity contribution is 4.81. The Labute approximate surface area is 95.5 Å². The molecule has 2 N–H and O–H groups in total. The van der Waals surface area contributed by atoms with Crippen molar-refractivity contribution in [2.75, 3.05) is 6.54 Å². The first-order chi connectivity index (χ1) is 6.94. The molecule has 0 spiro atoms. The van der Waals surface area contributed by atoms with E-state index in [0.29, 0.717) is 18.5 Å². The molecule has 0 aliphatic heterocycles. The molecule has 0 aromatic carbocycles. The molecule has 0 aliphatic rings. The molecule has 0 saturated heterocycles. The SMILES string of the molecule is CCCCC(C)NCC(C)(O)C(C)CC. The van der Waals surface area contributed by atoms with Gasteiger partial charge in [0.25, 0.3) is 0 Å². The molecule has 2 heteroatoms. The molecule has 0 rings (SSSR count). The van der Waals surface area contributed by atoms with Crippen molar-refractivity contribution in [1.29, 1.82) is 0 Å². The van der Waals surface area contributed by atoms with Gasteiger partial charge in [-0.25, -0.2) is 0 Å². The predicted octanol–water partition coefficient (Wildman–Crippen LogP) is 2.95. The summed E-state index contributed by atoms with van der Waals surface area (Å²) in [7, 11) is 0. The van der Waals surface area contributed by atoms with E-state index in [9.17, 15) is 5.11 Å². The molecule has 0 bridgehead atoms. The first-order valence-corrected chi connectivity index (χ1v) is 6.39. The van der Waals surface area contributed by atoms with E-state index >= 15 is 0 Å². The van der Waals surface area contributed by atoms with Crippen LogP contribution in [0.25, 0.3) is 0 Å². The lowest BCUT2D eigenvalue weighted by Gasteiger charge is -2.31. The third-order valence-electron chi connectivity index (χ3n) is 3.47. The Kier molecular flexibility index (Phi) is 7.20. The van der Waals surface area contributed by atoms with Crippen molar-refractivity contribution in [3.63, 3.8) is 0 Å². The standard InChI is InChI=1S/C13H29NO/c1-6-8-9-12(4)14-10-13(5,15)11(3)7-2/h11-12,14-15H,6-10H2,1-5H3. The average Bonchev–Trinajstić information content (AvgIpc) is 2.22. The van der Waals surface area contributed by atoms with Crippen molar-refractivity contribution in [3.8, 4) is 0 Å². The van der Waals surface area contributed by atoms with Gasteiger partial charge in [-0.05, 0) is 26.2 Å². The highest BCUT2D eigenvalue weighted by Gasteiger charge is 2.26. The minimum Gasteiger partial charge on any atom is -0.389 e. The number of nitrogens with one attached hydrogen (secondary N) is 1. The first kappa shape index (κ1) is 14.9. The Hall–Kier alpha value is -0.0800. The van der Waals surface area contributed by atoms with Crippen LogP contribution in [-0.4, -0.2) is 23.3 Å². The molecule has 0 aliphatic carbocycles. The molecule has 0 saturated carbocycles. The van der Waals surface area contributed by atoms with Crippen LogP contribution in [0.3, 0.4) is 0 Å². The van der Waals surface area contributed by atoms with Gasteiger partial charge >= 0.3 is 0 Å². The molecule has 0 radical (unpaired) electrons. The number of rotatable bonds is 8. The Bertz CT molecular complexity index is 157. The summed E-state index contributed by atoms with van der Waals surface area (Å²) in [6.07, 6.45) is 4.73. The van der Waals surface area contributed by atoms with E-state index in [4.69, 9.17) is 0 Å². The van der Waals surface area contributed by atoms with Gasteiger partial charge in [-0.1, -0.05) is 40.0 Å². The van der Waals surface area contributed by atoms with Crippen molar-refractivity contribution in [2.24, 2.45) is 5.92 Å². The molecular weight excluding hydrogens is 186 g/mol. The van der Waals surface area contributed by atoms with Gasteiger partial charge < -0.3 is 10.4 Å². The predicted molar refractivity (Wildman–Crippen MR) is 67.1 cm³/mol. The van der Waals surface area contributed by atoms with E-state index in [0.717, 1.165) is 6.42 Å². The Morgan fingerprint density at radius 3 is 2.33 bits per heavy atom. The van der Waals surface area contributed by atoms with Crippen molar-refractivity contribution in [2.45, 2.75) is 71.9 Å². The normalized spacial score (nSPS) is 19.6. The first-order valence-electron chi connectivity index (χ1n) is 6.39. The van der Waals surface area contributed by atoms with Crippen molar-refractivity contribution >= 4 is 0 Å². The number of aliphatic hydroxyl groups is 1. The lowest BCUT2D eigenvalue weighted by molar-refractivity contribution is 0.00347. The summed E-state index contributed by atoms with van der Waals surface area (Å²) in [5.41, 5.74) is -0.574. The van der Waals surface area contributed by atoms with Gasteiger partial charge in [0, 0.05) is 12.6 Å². The molecule has 0 aromatic heterocycles. The van der Waals surface area contributed by atoms with Gasteiger partial charge in [0.1, 0.15) is 0 Å². The second-order valence-electron chi connectivity index (χ2n) is 5.09. The summed E-state index contributed by atoms with van der Waals surface area (Å²) in [4.78, 5) is 0. The summed E-state index contributed by atoms with van der Waals surface area (Å²) in [6, 6.07) is 0.514. The lowest BCUT2D eigenvalue weighted by atomic mass is 9.88. The molecule has 0 heterocycles. The van der Waals surface area contributed by atoms with Crippen LogP contribution in [0.5, 0.6) is 0 Å². The fraction of sp³-hybridized carbons (Fsp3) is 1.00. The van der Waals surface area contributed by atoms with E-state index in [1.807, 2.05) is 6.92 Å². The molecule has 2 nitrogen and oxygen atoms in total. The van der Waals surface area contributed by atoms with E-state index in [2.05, 4.69) is 33.0 Å². The largest absolute Gasteiger partial charge is 0.389 e. The number of hydrogen-bond donors (Lipinski definition) is 2. The fourth-order valence-electron chi connectivity index (χ4n) is 1.61. The van der Waals surface area contributed by atoms with Crippen LogP contribution in [0.4, 0.5) is 0 Å². The average molecular weight is 215 g/mol. The van der Waals surface area contributed by atoms with Gasteiger partial charge in [-0.15, -0.1) is 0 Å². The van der Waals surface area contributed by atoms with Gasteiger partial charge in [0.2, 0.25) is 0 Å². The molecule has 3 atom stereocenters. The number of unbranched alkanes of at least 4 members (excludes halogenated alkanes) is 1. The maximum atomic E-state index is 10.2. The molecule has 0 aromatic rings. The van der Waals surface area contributed by atoms with Crippen molar-refractivity contribution < 1.29 is 5.11 Å². The zero-order valence-corrected chi connectivity index (χ0v) is 11.1. The molecule has 3 unspecified atom stereocenters. The zero-order chi connectivity index (χ0) is 11.9. The molecule has 0 amide bonds. The van der Waals surface area contributed by atoms with Gasteiger partial charge in [-0.3, -0.25) is 0 Å². The van der Waals surface area contributed by atoms with Crippen LogP contribution in [0.15, 0.2) is 0 Å². The van der Waals surface area contributed by atoms with Crippen LogP contribution in [0.2, 0.25) is 0 Å².